The number of ether oxygens (including phenoxy) is 1. The van der Waals surface area contributed by atoms with E-state index in [1.807, 2.05) is 6.07 Å². The minimum atomic E-state index is -0.00294. The van der Waals surface area contributed by atoms with Crippen LogP contribution in [0.2, 0.25) is 0 Å². The molecule has 1 aromatic rings. The van der Waals surface area contributed by atoms with Crippen LogP contribution in [0.4, 0.5) is 0 Å². The molecule has 0 aromatic heterocycles. The molecule has 5 atom stereocenters. The van der Waals surface area contributed by atoms with Crippen LogP contribution >= 0.6 is 0 Å². The highest BCUT2D eigenvalue weighted by Gasteiger charge is 2.70. The van der Waals surface area contributed by atoms with E-state index in [9.17, 15) is 5.11 Å². The lowest BCUT2D eigenvalue weighted by molar-refractivity contribution is -0.121. The summed E-state index contributed by atoms with van der Waals surface area (Å²) in [6.45, 7) is 4.92. The van der Waals surface area contributed by atoms with Crippen molar-refractivity contribution in [2.24, 2.45) is 17.1 Å². The van der Waals surface area contributed by atoms with Crippen molar-refractivity contribution >= 4 is 0 Å². The van der Waals surface area contributed by atoms with Crippen molar-refractivity contribution < 1.29 is 9.84 Å². The Bertz CT molecular complexity index is 761. The van der Waals surface area contributed by atoms with Crippen LogP contribution in [0.3, 0.4) is 0 Å². The lowest BCUT2D eigenvalue weighted by Crippen LogP contribution is -2.73. The number of phenols is 1. The summed E-state index contributed by atoms with van der Waals surface area (Å²) in [6, 6.07) is 4.64. The van der Waals surface area contributed by atoms with Crippen LogP contribution in [0, 0.1) is 11.3 Å². The first kappa shape index (κ1) is 14.9. The van der Waals surface area contributed by atoms with Gasteiger partial charge < -0.3 is 15.6 Å². The number of rotatable bonds is 2. The molecule has 0 amide bonds. The van der Waals surface area contributed by atoms with Gasteiger partial charge in [0, 0.05) is 29.6 Å². The summed E-state index contributed by atoms with van der Waals surface area (Å²) < 4.78 is 6.42. The predicted octanol–water partition coefficient (Wildman–Crippen LogP) is 2.56. The van der Waals surface area contributed by atoms with E-state index in [2.05, 4.69) is 17.9 Å². The van der Waals surface area contributed by atoms with Crippen LogP contribution in [-0.2, 0) is 11.8 Å². The largest absolute Gasteiger partial charge is 0.504 e. The number of nitrogens with zero attached hydrogens (tertiary/aromatic N) is 1. The Kier molecular flexibility index (Phi) is 2.69. The molecule has 2 aliphatic heterocycles. The summed E-state index contributed by atoms with van der Waals surface area (Å²) in [5.41, 5.74) is 9.49. The highest BCUT2D eigenvalue weighted by molar-refractivity contribution is 5.61. The summed E-state index contributed by atoms with van der Waals surface area (Å²) in [6.07, 6.45) is 7.27. The number of likely N-dealkylation sites (tertiary alicyclic amines) is 1. The molecule has 25 heavy (non-hydrogen) atoms. The summed E-state index contributed by atoms with van der Waals surface area (Å²) >= 11 is 0. The Labute approximate surface area is 149 Å². The second-order valence-electron chi connectivity index (χ2n) is 9.49. The van der Waals surface area contributed by atoms with Gasteiger partial charge in [-0.25, -0.2) is 0 Å². The van der Waals surface area contributed by atoms with Gasteiger partial charge in [0.1, 0.15) is 6.10 Å². The van der Waals surface area contributed by atoms with Gasteiger partial charge >= 0.3 is 0 Å². The van der Waals surface area contributed by atoms with E-state index >= 15 is 0 Å². The molecule has 3 fully saturated rings. The number of benzene rings is 1. The Hall–Kier alpha value is -1.26. The summed E-state index contributed by atoms with van der Waals surface area (Å²) in [7, 11) is 0. The van der Waals surface area contributed by atoms with Gasteiger partial charge in [-0.1, -0.05) is 13.0 Å². The molecule has 5 aliphatic rings. The predicted molar refractivity (Wildman–Crippen MR) is 95.9 cm³/mol. The van der Waals surface area contributed by atoms with Crippen LogP contribution in [0.5, 0.6) is 11.5 Å². The number of phenolic OH excluding ortho intramolecular Hbond substituents is 1. The molecule has 3 unspecified atom stereocenters. The van der Waals surface area contributed by atoms with Gasteiger partial charge in [0.25, 0.3) is 0 Å². The van der Waals surface area contributed by atoms with Gasteiger partial charge in [-0.15, -0.1) is 0 Å². The van der Waals surface area contributed by atoms with Crippen LogP contribution in [-0.4, -0.2) is 41.3 Å². The van der Waals surface area contributed by atoms with E-state index in [1.165, 1.54) is 36.9 Å². The fraction of sp³-hybridized carbons (Fsp3) is 0.714. The second kappa shape index (κ2) is 4.52. The number of aromatic hydroxyl groups is 1. The highest BCUT2D eigenvalue weighted by Crippen LogP contribution is 2.68. The lowest BCUT2D eigenvalue weighted by Gasteiger charge is -2.65. The third kappa shape index (κ3) is 1.62. The van der Waals surface area contributed by atoms with E-state index in [1.54, 1.807) is 0 Å². The van der Waals surface area contributed by atoms with Crippen LogP contribution in [0.25, 0.3) is 0 Å². The zero-order chi connectivity index (χ0) is 17.0. The van der Waals surface area contributed by atoms with Crippen molar-refractivity contribution in [2.75, 3.05) is 13.1 Å². The molecule has 4 heteroatoms. The van der Waals surface area contributed by atoms with Gasteiger partial charge in [0.15, 0.2) is 11.5 Å². The molecule has 0 radical (unpaired) electrons. The van der Waals surface area contributed by atoms with Gasteiger partial charge in [0.05, 0.1) is 0 Å². The molecular weight excluding hydrogens is 312 g/mol. The molecule has 2 bridgehead atoms. The fourth-order valence-electron chi connectivity index (χ4n) is 6.97. The number of hydrogen-bond acceptors (Lipinski definition) is 4. The first-order chi connectivity index (χ1) is 12.0. The maximum atomic E-state index is 10.5. The van der Waals surface area contributed by atoms with Crippen LogP contribution in [0.15, 0.2) is 12.1 Å². The molecule has 1 spiro atoms. The number of hydrogen-bond donors (Lipinski definition) is 2. The number of nitrogens with two attached hydrogens (primary N) is 1. The third-order valence-electron chi connectivity index (χ3n) is 8.38. The smallest absolute Gasteiger partial charge is 0.165 e. The molecule has 3 aliphatic carbocycles. The van der Waals surface area contributed by atoms with E-state index in [4.69, 9.17) is 10.5 Å². The van der Waals surface area contributed by atoms with E-state index < -0.39 is 0 Å². The average molecular weight is 340 g/mol. The molecule has 1 aromatic carbocycles. The topological polar surface area (TPSA) is 58.7 Å². The van der Waals surface area contributed by atoms with E-state index in [0.29, 0.717) is 11.8 Å². The van der Waals surface area contributed by atoms with Gasteiger partial charge in [-0.3, -0.25) is 4.90 Å². The van der Waals surface area contributed by atoms with E-state index in [0.717, 1.165) is 37.5 Å². The van der Waals surface area contributed by atoms with Crippen molar-refractivity contribution in [2.45, 2.75) is 69.1 Å². The minimum Gasteiger partial charge on any atom is -0.504 e. The second-order valence-corrected chi connectivity index (χ2v) is 9.49. The SMILES string of the molecule is C[C@@]12CCC(N)[C@@H]3Oc4c(O)ccc5c4C31CCN(CC1CC1)C2C5. The van der Waals surface area contributed by atoms with E-state index in [-0.39, 0.29) is 23.0 Å². The van der Waals surface area contributed by atoms with Crippen molar-refractivity contribution in [3.8, 4) is 11.5 Å². The van der Waals surface area contributed by atoms with Crippen LogP contribution < -0.4 is 10.5 Å². The molecule has 2 saturated carbocycles. The Morgan fingerprint density at radius 3 is 2.92 bits per heavy atom. The Morgan fingerprint density at radius 1 is 1.28 bits per heavy atom. The van der Waals surface area contributed by atoms with Crippen molar-refractivity contribution in [1.29, 1.82) is 0 Å². The van der Waals surface area contributed by atoms with Gasteiger partial charge in [0.2, 0.25) is 0 Å². The molecule has 2 heterocycles. The third-order valence-corrected chi connectivity index (χ3v) is 8.38. The standard InChI is InChI=1S/C21H28N2O2/c1-20-7-6-14(22)19-21(20)8-9-23(11-12-2-3-12)16(20)10-13-4-5-15(24)18(25-19)17(13)21/h4-5,12,14,16,19,24H,2-3,6-11,22H2,1H3/t14?,16?,19-,20-,21?/m0/s1. The first-order valence-electron chi connectivity index (χ1n) is 10.1. The van der Waals surface area contributed by atoms with Gasteiger partial charge in [-0.2, -0.15) is 0 Å². The van der Waals surface area contributed by atoms with Crippen molar-refractivity contribution in [3.05, 3.63) is 23.3 Å². The van der Waals surface area contributed by atoms with Crippen molar-refractivity contribution in [3.63, 3.8) is 0 Å². The van der Waals surface area contributed by atoms with Crippen LogP contribution in [0.1, 0.15) is 50.2 Å². The summed E-state index contributed by atoms with van der Waals surface area (Å²) in [5, 5.41) is 10.5. The summed E-state index contributed by atoms with van der Waals surface area (Å²) in [4.78, 5) is 2.80. The molecule has 6 rings (SSSR count). The fourth-order valence-corrected chi connectivity index (χ4v) is 6.97. The summed E-state index contributed by atoms with van der Waals surface area (Å²) in [5.74, 6) is 1.98. The maximum absolute atomic E-state index is 10.5. The minimum absolute atomic E-state index is 0.00294. The number of piperidine rings is 1. The molecule has 4 nitrogen and oxygen atoms in total. The normalized spacial score (nSPS) is 44.3. The molecule has 134 valence electrons. The average Bonchev–Trinajstić information content (AvgIpc) is 3.32. The lowest BCUT2D eigenvalue weighted by atomic mass is 9.43. The Morgan fingerprint density at radius 2 is 2.12 bits per heavy atom. The van der Waals surface area contributed by atoms with Crippen molar-refractivity contribution in [1.82, 2.24) is 4.90 Å². The Balaban J connectivity index is 1.57. The first-order valence-corrected chi connectivity index (χ1v) is 10.1. The highest BCUT2D eigenvalue weighted by atomic mass is 16.5. The quantitative estimate of drug-likeness (QED) is 0.869. The monoisotopic (exact) mass is 340 g/mol. The molecular formula is C21H28N2O2. The zero-order valence-corrected chi connectivity index (χ0v) is 15.0. The van der Waals surface area contributed by atoms with Gasteiger partial charge in [-0.05, 0) is 68.0 Å². The molecule has 3 N–H and O–H groups in total. The molecule has 1 saturated heterocycles. The maximum Gasteiger partial charge on any atom is 0.165 e. The zero-order valence-electron chi connectivity index (χ0n) is 15.0.